The van der Waals surface area contributed by atoms with Gasteiger partial charge in [-0.1, -0.05) is 36.0 Å². The van der Waals surface area contributed by atoms with Crippen LogP contribution < -0.4 is 14.8 Å². The Labute approximate surface area is 179 Å². The summed E-state index contributed by atoms with van der Waals surface area (Å²) >= 11 is 11.4. The molecule has 1 aliphatic heterocycles. The van der Waals surface area contributed by atoms with Gasteiger partial charge in [-0.2, -0.15) is 0 Å². The van der Waals surface area contributed by atoms with Crippen LogP contribution in [0, 0.1) is 0 Å². The molecule has 30 heavy (non-hydrogen) atoms. The molecule has 3 rings (SSSR count). The topological polar surface area (TPSA) is 77.0 Å². The number of benzene rings is 2. The van der Waals surface area contributed by atoms with Crippen LogP contribution in [-0.4, -0.2) is 35.6 Å². The summed E-state index contributed by atoms with van der Waals surface area (Å²) in [7, 11) is 1.19. The van der Waals surface area contributed by atoms with E-state index in [1.807, 2.05) is 0 Å². The number of ether oxygens (including phenoxy) is 3. The molecule has 0 amide bonds. The number of fused-ring (bicyclic) bond motifs is 1. The van der Waals surface area contributed by atoms with E-state index < -0.39 is 36.7 Å². The summed E-state index contributed by atoms with van der Waals surface area (Å²) in [5, 5.41) is 12.5. The van der Waals surface area contributed by atoms with Crippen molar-refractivity contribution in [2.45, 2.75) is 25.0 Å². The number of carboxylic acids is 1. The number of anilines is 1. The van der Waals surface area contributed by atoms with Crippen molar-refractivity contribution in [1.29, 1.82) is 0 Å². The number of thiocarbonyl (C=S) groups is 1. The van der Waals surface area contributed by atoms with Gasteiger partial charge in [0.05, 0.1) is 13.5 Å². The molecule has 0 saturated heterocycles. The molecule has 2 N–H and O–H groups in total. The van der Waals surface area contributed by atoms with Crippen molar-refractivity contribution < 1.29 is 37.3 Å². The van der Waals surface area contributed by atoms with Crippen LogP contribution in [0.1, 0.15) is 23.7 Å². The Bertz CT molecular complexity index is 985. The largest absolute Gasteiger partial charge is 0.573 e. The van der Waals surface area contributed by atoms with Gasteiger partial charge in [0.1, 0.15) is 17.2 Å². The molecule has 0 saturated carbocycles. The fraction of sp³-hybridized carbons (Fsp3) is 0.263. The van der Waals surface area contributed by atoms with E-state index in [2.05, 4.69) is 10.1 Å². The van der Waals surface area contributed by atoms with E-state index in [-0.39, 0.29) is 16.3 Å². The first-order chi connectivity index (χ1) is 14.1. The van der Waals surface area contributed by atoms with Gasteiger partial charge in [0.2, 0.25) is 0 Å². The number of alkyl halides is 3. The Morgan fingerprint density at radius 3 is 2.67 bits per heavy atom. The molecule has 11 heteroatoms. The minimum absolute atomic E-state index is 0.116. The van der Waals surface area contributed by atoms with Gasteiger partial charge in [0.15, 0.2) is 11.5 Å². The van der Waals surface area contributed by atoms with Gasteiger partial charge >= 0.3 is 12.3 Å². The molecule has 6 nitrogen and oxygen atoms in total. The molecule has 0 bridgehead atoms. The number of carboxylic acid groups (broad SMARTS) is 1. The van der Waals surface area contributed by atoms with E-state index in [1.54, 1.807) is 18.2 Å². The summed E-state index contributed by atoms with van der Waals surface area (Å²) < 4.78 is 53.7. The van der Waals surface area contributed by atoms with Crippen molar-refractivity contribution in [3.05, 3.63) is 52.5 Å². The van der Waals surface area contributed by atoms with E-state index in [0.717, 1.165) is 6.07 Å². The van der Waals surface area contributed by atoms with Gasteiger partial charge in [0.25, 0.3) is 0 Å². The highest BCUT2D eigenvalue weighted by Crippen LogP contribution is 2.44. The lowest BCUT2D eigenvalue weighted by atomic mass is 9.98. The molecule has 0 aliphatic carbocycles. The fourth-order valence-electron chi connectivity index (χ4n) is 3.08. The Morgan fingerprint density at radius 2 is 2.03 bits per heavy atom. The molecular formula is C19H15ClF3NO5S. The highest BCUT2D eigenvalue weighted by molar-refractivity contribution is 7.80. The summed E-state index contributed by atoms with van der Waals surface area (Å²) in [6.07, 6.45) is -7.48. The molecular weight excluding hydrogens is 447 g/mol. The molecule has 160 valence electrons. The van der Waals surface area contributed by atoms with Crippen molar-refractivity contribution >= 4 is 40.5 Å². The molecule has 1 heterocycles. The minimum Gasteiger partial charge on any atom is -0.492 e. The van der Waals surface area contributed by atoms with Gasteiger partial charge in [-0.15, -0.1) is 13.2 Å². The maximum atomic E-state index is 12.8. The first-order valence-electron chi connectivity index (χ1n) is 8.49. The smallest absolute Gasteiger partial charge is 0.492 e. The van der Waals surface area contributed by atoms with E-state index in [9.17, 15) is 23.1 Å². The summed E-state index contributed by atoms with van der Waals surface area (Å²) in [5.74, 6) is -1.94. The molecule has 0 unspecified atom stereocenters. The summed E-state index contributed by atoms with van der Waals surface area (Å²) in [4.78, 5) is 11.4. The first kappa shape index (κ1) is 22.1. The summed E-state index contributed by atoms with van der Waals surface area (Å²) in [6.45, 7) is 0. The Hall–Kier alpha value is -2.56. The quantitative estimate of drug-likeness (QED) is 0.610. The number of aliphatic carboxylic acids is 1. The van der Waals surface area contributed by atoms with Gasteiger partial charge in [0, 0.05) is 21.8 Å². The summed E-state index contributed by atoms with van der Waals surface area (Å²) in [6, 6.07) is 8.69. The molecule has 0 aromatic heterocycles. The van der Waals surface area contributed by atoms with Gasteiger partial charge < -0.3 is 24.6 Å². The molecule has 0 spiro atoms. The van der Waals surface area contributed by atoms with Crippen molar-refractivity contribution in [2.75, 3.05) is 12.4 Å². The van der Waals surface area contributed by atoms with Gasteiger partial charge in [-0.3, -0.25) is 4.79 Å². The number of halogens is 4. The maximum absolute atomic E-state index is 12.8. The predicted molar refractivity (Wildman–Crippen MR) is 106 cm³/mol. The van der Waals surface area contributed by atoms with E-state index in [4.69, 9.17) is 33.3 Å². The zero-order chi connectivity index (χ0) is 22.1. The predicted octanol–water partition coefficient (Wildman–Crippen LogP) is 4.95. The SMILES string of the molecule is COc1c(OC(F)(F)F)cccc1[C@@H]1O[C@@H](CC(=O)O)C(=S)Nc2ccc(Cl)cc21. The van der Waals surface area contributed by atoms with Crippen LogP contribution in [-0.2, 0) is 9.53 Å². The number of methoxy groups -OCH3 is 1. The Morgan fingerprint density at radius 1 is 1.30 bits per heavy atom. The van der Waals surface area contributed by atoms with Gasteiger partial charge in [-0.25, -0.2) is 0 Å². The van der Waals surface area contributed by atoms with Crippen LogP contribution in [0.15, 0.2) is 36.4 Å². The maximum Gasteiger partial charge on any atom is 0.573 e. The van der Waals surface area contributed by atoms with Gasteiger partial charge in [-0.05, 0) is 24.3 Å². The zero-order valence-electron chi connectivity index (χ0n) is 15.3. The molecule has 2 aromatic carbocycles. The minimum atomic E-state index is -4.94. The standard InChI is InChI=1S/C19H15ClF3NO5S/c1-27-17-10(3-2-4-13(17)29-19(21,22)23)16-11-7-9(20)5-6-12(11)24-18(30)14(28-16)8-15(25)26/h2-7,14,16H,8H2,1H3,(H,24,30)(H,25,26)/t14-,16-/m0/s1. The molecule has 0 radical (unpaired) electrons. The Balaban J connectivity index is 2.16. The first-order valence-corrected chi connectivity index (χ1v) is 9.28. The van der Waals surface area contributed by atoms with E-state index >= 15 is 0 Å². The van der Waals surface area contributed by atoms with Crippen LogP contribution in [0.3, 0.4) is 0 Å². The number of nitrogens with one attached hydrogen (secondary N) is 1. The number of hydrogen-bond donors (Lipinski definition) is 2. The lowest BCUT2D eigenvalue weighted by molar-refractivity contribution is -0.275. The Kier molecular flexibility index (Phi) is 6.39. The van der Waals surface area contributed by atoms with Crippen LogP contribution in [0.25, 0.3) is 0 Å². The summed E-state index contributed by atoms with van der Waals surface area (Å²) in [5.41, 5.74) is 1.11. The van der Waals surface area contributed by atoms with Crippen LogP contribution in [0.5, 0.6) is 11.5 Å². The molecule has 0 fully saturated rings. The average molecular weight is 462 g/mol. The third kappa shape index (κ3) is 4.94. The zero-order valence-corrected chi connectivity index (χ0v) is 16.9. The third-order valence-electron chi connectivity index (χ3n) is 4.23. The number of para-hydroxylation sites is 1. The fourth-order valence-corrected chi connectivity index (χ4v) is 3.51. The number of carbonyl (C=O) groups is 1. The second-order valence-corrected chi connectivity index (χ2v) is 7.13. The lowest BCUT2D eigenvalue weighted by Gasteiger charge is -2.24. The molecule has 2 atom stereocenters. The van der Waals surface area contributed by atoms with Crippen molar-refractivity contribution in [3.8, 4) is 11.5 Å². The molecule has 1 aliphatic rings. The van der Waals surface area contributed by atoms with Crippen LogP contribution >= 0.6 is 23.8 Å². The van der Waals surface area contributed by atoms with Crippen molar-refractivity contribution in [1.82, 2.24) is 0 Å². The average Bonchev–Trinajstić information content (AvgIpc) is 2.77. The number of rotatable bonds is 5. The molecule has 2 aromatic rings. The van der Waals surface area contributed by atoms with Crippen LogP contribution in [0.4, 0.5) is 18.9 Å². The second kappa shape index (κ2) is 8.66. The third-order valence-corrected chi connectivity index (χ3v) is 4.83. The normalized spacial score (nSPS) is 18.8. The lowest BCUT2D eigenvalue weighted by Crippen LogP contribution is -2.30. The van der Waals surface area contributed by atoms with E-state index in [1.165, 1.54) is 19.2 Å². The highest BCUT2D eigenvalue weighted by Gasteiger charge is 2.36. The second-order valence-electron chi connectivity index (χ2n) is 6.25. The van der Waals surface area contributed by atoms with Crippen LogP contribution in [0.2, 0.25) is 5.02 Å². The monoisotopic (exact) mass is 461 g/mol. The number of hydrogen-bond acceptors (Lipinski definition) is 5. The van der Waals surface area contributed by atoms with E-state index in [0.29, 0.717) is 16.3 Å². The highest BCUT2D eigenvalue weighted by atomic mass is 35.5. The van der Waals surface area contributed by atoms with Crippen molar-refractivity contribution in [2.24, 2.45) is 0 Å². The van der Waals surface area contributed by atoms with Crippen molar-refractivity contribution in [3.63, 3.8) is 0 Å².